The molecule has 0 amide bonds. The molecular weight excluding hydrogens is 280 g/mol. The zero-order valence-electron chi connectivity index (χ0n) is 14.9. The number of benzene rings is 1. The minimum Gasteiger partial charge on any atom is -0.491 e. The standard InChI is InChI=1S/C14H22O4.C4H10/c1-14(2,3)18-10-9-17-13-6-4-5-12(11-13)16-8-7-15;1-4(2)3/h4-6,11,15H,7-10H2,1-3H3;4H,1-3H3. The fourth-order valence-electron chi connectivity index (χ4n) is 1.32. The van der Waals surface area contributed by atoms with E-state index in [1.165, 1.54) is 0 Å². The molecule has 1 rings (SSSR count). The lowest BCUT2D eigenvalue weighted by Gasteiger charge is -2.19. The number of rotatable bonds is 7. The van der Waals surface area contributed by atoms with Gasteiger partial charge in [0.05, 0.1) is 18.8 Å². The van der Waals surface area contributed by atoms with Crippen LogP contribution in [0.15, 0.2) is 24.3 Å². The topological polar surface area (TPSA) is 47.9 Å². The Labute approximate surface area is 135 Å². The summed E-state index contributed by atoms with van der Waals surface area (Å²) in [4.78, 5) is 0. The van der Waals surface area contributed by atoms with Gasteiger partial charge in [0.25, 0.3) is 0 Å². The Morgan fingerprint density at radius 3 is 1.91 bits per heavy atom. The Morgan fingerprint density at radius 2 is 1.45 bits per heavy atom. The van der Waals surface area contributed by atoms with Crippen LogP contribution in [-0.4, -0.2) is 37.1 Å². The maximum atomic E-state index is 8.67. The van der Waals surface area contributed by atoms with E-state index in [2.05, 4.69) is 20.8 Å². The first-order valence-corrected chi connectivity index (χ1v) is 7.85. The van der Waals surface area contributed by atoms with Gasteiger partial charge in [-0.05, 0) is 38.8 Å². The fourth-order valence-corrected chi connectivity index (χ4v) is 1.32. The summed E-state index contributed by atoms with van der Waals surface area (Å²) < 4.78 is 16.4. The number of aliphatic hydroxyl groups excluding tert-OH is 1. The first-order valence-electron chi connectivity index (χ1n) is 7.85. The van der Waals surface area contributed by atoms with Crippen LogP contribution in [0.2, 0.25) is 0 Å². The van der Waals surface area contributed by atoms with Gasteiger partial charge in [0.15, 0.2) is 0 Å². The number of ether oxygens (including phenoxy) is 3. The van der Waals surface area contributed by atoms with Crippen LogP contribution in [0.3, 0.4) is 0 Å². The Balaban J connectivity index is 0.000000980. The summed E-state index contributed by atoms with van der Waals surface area (Å²) in [6, 6.07) is 7.34. The smallest absolute Gasteiger partial charge is 0.123 e. The highest BCUT2D eigenvalue weighted by molar-refractivity contribution is 5.32. The van der Waals surface area contributed by atoms with Crippen molar-refractivity contribution in [3.8, 4) is 11.5 Å². The molecule has 1 aromatic carbocycles. The number of aliphatic hydroxyl groups is 1. The van der Waals surface area contributed by atoms with Gasteiger partial charge < -0.3 is 19.3 Å². The lowest BCUT2D eigenvalue weighted by molar-refractivity contribution is -0.0163. The van der Waals surface area contributed by atoms with Gasteiger partial charge in [-0.2, -0.15) is 0 Å². The SMILES string of the molecule is CC(C)(C)OCCOc1cccc(OCCO)c1.CC(C)C. The van der Waals surface area contributed by atoms with Gasteiger partial charge in [-0.15, -0.1) is 0 Å². The van der Waals surface area contributed by atoms with E-state index in [1.807, 2.05) is 39.0 Å². The number of hydrogen-bond donors (Lipinski definition) is 1. The molecule has 0 aliphatic carbocycles. The third-order valence-electron chi connectivity index (χ3n) is 2.05. The second-order valence-electron chi connectivity index (χ2n) is 6.59. The minimum atomic E-state index is -0.143. The average Bonchev–Trinajstić information content (AvgIpc) is 2.40. The molecule has 128 valence electrons. The second kappa shape index (κ2) is 11.3. The molecule has 0 spiro atoms. The zero-order valence-corrected chi connectivity index (χ0v) is 14.9. The summed E-state index contributed by atoms with van der Waals surface area (Å²) in [5.74, 6) is 2.27. The fraction of sp³-hybridized carbons (Fsp3) is 0.667. The maximum absolute atomic E-state index is 8.67. The van der Waals surface area contributed by atoms with Gasteiger partial charge in [0, 0.05) is 6.07 Å². The molecule has 0 aromatic heterocycles. The molecule has 0 heterocycles. The molecule has 0 atom stereocenters. The Kier molecular flexibility index (Phi) is 10.7. The molecule has 1 aromatic rings. The summed E-state index contributed by atoms with van der Waals surface area (Å²) in [6.45, 7) is 13.9. The van der Waals surface area contributed by atoms with Crippen molar-refractivity contribution in [1.29, 1.82) is 0 Å². The largest absolute Gasteiger partial charge is 0.491 e. The van der Waals surface area contributed by atoms with E-state index in [-0.39, 0.29) is 18.8 Å². The van der Waals surface area contributed by atoms with Crippen LogP contribution in [0.1, 0.15) is 41.5 Å². The quantitative estimate of drug-likeness (QED) is 0.775. The normalized spacial score (nSPS) is 10.9. The molecule has 0 unspecified atom stereocenters. The second-order valence-corrected chi connectivity index (χ2v) is 6.59. The highest BCUT2D eigenvalue weighted by atomic mass is 16.5. The van der Waals surface area contributed by atoms with E-state index in [0.29, 0.717) is 19.0 Å². The van der Waals surface area contributed by atoms with Crippen molar-refractivity contribution in [3.05, 3.63) is 24.3 Å². The lowest BCUT2D eigenvalue weighted by Crippen LogP contribution is -2.22. The summed E-state index contributed by atoms with van der Waals surface area (Å²) in [7, 11) is 0. The highest BCUT2D eigenvalue weighted by Crippen LogP contribution is 2.19. The molecule has 0 saturated carbocycles. The first kappa shape index (κ1) is 20.7. The number of hydrogen-bond acceptors (Lipinski definition) is 4. The van der Waals surface area contributed by atoms with Crippen LogP contribution >= 0.6 is 0 Å². The summed E-state index contributed by atoms with van der Waals surface area (Å²) in [5.41, 5.74) is -0.143. The molecule has 0 saturated heterocycles. The predicted octanol–water partition coefficient (Wildman–Crippen LogP) is 3.91. The summed E-state index contributed by atoms with van der Waals surface area (Å²) in [6.07, 6.45) is 0. The molecular formula is C18H32O4. The van der Waals surface area contributed by atoms with Crippen LogP contribution in [0, 0.1) is 5.92 Å². The Bertz CT molecular complexity index is 380. The van der Waals surface area contributed by atoms with E-state index in [0.717, 1.165) is 11.7 Å². The maximum Gasteiger partial charge on any atom is 0.123 e. The van der Waals surface area contributed by atoms with E-state index in [1.54, 1.807) is 6.07 Å². The molecule has 1 N–H and O–H groups in total. The van der Waals surface area contributed by atoms with E-state index < -0.39 is 0 Å². The Hall–Kier alpha value is -1.26. The van der Waals surface area contributed by atoms with Crippen LogP contribution in [0.4, 0.5) is 0 Å². The van der Waals surface area contributed by atoms with Crippen LogP contribution in [0.5, 0.6) is 11.5 Å². The Morgan fingerprint density at radius 1 is 0.955 bits per heavy atom. The molecule has 0 aliphatic rings. The van der Waals surface area contributed by atoms with Crippen LogP contribution < -0.4 is 9.47 Å². The highest BCUT2D eigenvalue weighted by Gasteiger charge is 2.09. The van der Waals surface area contributed by atoms with Gasteiger partial charge in [0.1, 0.15) is 24.7 Å². The van der Waals surface area contributed by atoms with Crippen molar-refractivity contribution in [3.63, 3.8) is 0 Å². The molecule has 0 fully saturated rings. The van der Waals surface area contributed by atoms with Gasteiger partial charge >= 0.3 is 0 Å². The minimum absolute atomic E-state index is 0.00447. The van der Waals surface area contributed by atoms with Gasteiger partial charge in [0.2, 0.25) is 0 Å². The molecule has 0 aliphatic heterocycles. The van der Waals surface area contributed by atoms with Crippen molar-refractivity contribution < 1.29 is 19.3 Å². The molecule has 0 bridgehead atoms. The first-order chi connectivity index (χ1) is 10.2. The van der Waals surface area contributed by atoms with Crippen molar-refractivity contribution >= 4 is 0 Å². The van der Waals surface area contributed by atoms with E-state index in [4.69, 9.17) is 19.3 Å². The zero-order chi connectivity index (χ0) is 17.0. The van der Waals surface area contributed by atoms with Crippen molar-refractivity contribution in [1.82, 2.24) is 0 Å². The van der Waals surface area contributed by atoms with Crippen LogP contribution in [-0.2, 0) is 4.74 Å². The summed E-state index contributed by atoms with van der Waals surface area (Å²) >= 11 is 0. The van der Waals surface area contributed by atoms with E-state index >= 15 is 0 Å². The van der Waals surface area contributed by atoms with Crippen molar-refractivity contribution in [2.75, 3.05) is 26.4 Å². The van der Waals surface area contributed by atoms with Gasteiger partial charge in [-0.25, -0.2) is 0 Å². The average molecular weight is 312 g/mol. The molecule has 4 heteroatoms. The van der Waals surface area contributed by atoms with Crippen molar-refractivity contribution in [2.45, 2.75) is 47.1 Å². The van der Waals surface area contributed by atoms with Gasteiger partial charge in [-0.1, -0.05) is 26.8 Å². The van der Waals surface area contributed by atoms with Crippen molar-refractivity contribution in [2.24, 2.45) is 5.92 Å². The van der Waals surface area contributed by atoms with E-state index in [9.17, 15) is 0 Å². The van der Waals surface area contributed by atoms with Gasteiger partial charge in [-0.3, -0.25) is 0 Å². The van der Waals surface area contributed by atoms with Crippen LogP contribution in [0.25, 0.3) is 0 Å². The predicted molar refractivity (Wildman–Crippen MR) is 90.7 cm³/mol. The third kappa shape index (κ3) is 13.7. The third-order valence-corrected chi connectivity index (χ3v) is 2.05. The lowest BCUT2D eigenvalue weighted by atomic mass is 10.2. The molecule has 0 radical (unpaired) electrons. The monoisotopic (exact) mass is 312 g/mol. The molecule has 22 heavy (non-hydrogen) atoms. The summed E-state index contributed by atoms with van der Waals surface area (Å²) in [5, 5.41) is 8.67. The molecule has 4 nitrogen and oxygen atoms in total.